The molecule has 0 aliphatic rings. The quantitative estimate of drug-likeness (QED) is 0.849. The number of carboxylic acids is 1. The van der Waals surface area contributed by atoms with Crippen LogP contribution in [-0.4, -0.2) is 16.1 Å². The molecule has 1 rings (SSSR count). The Morgan fingerprint density at radius 3 is 2.41 bits per heavy atom. The minimum Gasteiger partial charge on any atom is -0.477 e. The smallest absolute Gasteiger partial charge is 0.347 e. The van der Waals surface area contributed by atoms with E-state index in [1.807, 2.05) is 27.7 Å². The van der Waals surface area contributed by atoms with Crippen LogP contribution in [0.5, 0.6) is 0 Å². The summed E-state index contributed by atoms with van der Waals surface area (Å²) >= 11 is 1.21. The minimum absolute atomic E-state index is 0.181. The first-order chi connectivity index (χ1) is 7.82. The SMILES string of the molecule is CC(C)Cc1nc(C(N)C(C)C)sc1C(=O)O. The Morgan fingerprint density at radius 1 is 1.41 bits per heavy atom. The van der Waals surface area contributed by atoms with E-state index in [0.29, 0.717) is 22.9 Å². The van der Waals surface area contributed by atoms with Gasteiger partial charge in [-0.05, 0) is 18.3 Å². The average Bonchev–Trinajstić information content (AvgIpc) is 2.59. The van der Waals surface area contributed by atoms with Gasteiger partial charge >= 0.3 is 5.97 Å². The molecule has 0 spiro atoms. The maximum absolute atomic E-state index is 11.1. The second-order valence-corrected chi connectivity index (χ2v) is 6.03. The minimum atomic E-state index is -0.902. The number of nitrogens with zero attached hydrogens (tertiary/aromatic N) is 1. The molecule has 0 bridgehead atoms. The van der Waals surface area contributed by atoms with Crippen molar-refractivity contribution in [1.29, 1.82) is 0 Å². The predicted octanol–water partition coefficient (Wildman–Crippen LogP) is 2.70. The van der Waals surface area contributed by atoms with Crippen molar-refractivity contribution in [3.05, 3.63) is 15.6 Å². The van der Waals surface area contributed by atoms with E-state index in [1.165, 1.54) is 11.3 Å². The number of carbonyl (C=O) groups is 1. The van der Waals surface area contributed by atoms with Crippen LogP contribution in [0.15, 0.2) is 0 Å². The van der Waals surface area contributed by atoms with Gasteiger partial charge in [-0.2, -0.15) is 0 Å². The Hall–Kier alpha value is -0.940. The summed E-state index contributed by atoms with van der Waals surface area (Å²) in [5, 5.41) is 9.87. The highest BCUT2D eigenvalue weighted by atomic mass is 32.1. The molecule has 3 N–H and O–H groups in total. The molecule has 0 aromatic carbocycles. The van der Waals surface area contributed by atoms with E-state index < -0.39 is 5.97 Å². The molecule has 4 nitrogen and oxygen atoms in total. The van der Waals surface area contributed by atoms with Gasteiger partial charge in [-0.25, -0.2) is 9.78 Å². The zero-order valence-electron chi connectivity index (χ0n) is 10.7. The number of rotatable bonds is 5. The van der Waals surface area contributed by atoms with Gasteiger partial charge in [0.15, 0.2) is 0 Å². The molecule has 0 saturated carbocycles. The van der Waals surface area contributed by atoms with E-state index in [2.05, 4.69) is 4.98 Å². The number of carboxylic acid groups (broad SMARTS) is 1. The third kappa shape index (κ3) is 3.51. The molecule has 0 aliphatic heterocycles. The van der Waals surface area contributed by atoms with Crippen LogP contribution < -0.4 is 5.73 Å². The van der Waals surface area contributed by atoms with Crippen molar-refractivity contribution >= 4 is 17.3 Å². The molecular weight excluding hydrogens is 236 g/mol. The summed E-state index contributed by atoms with van der Waals surface area (Å²) in [4.78, 5) is 15.9. The van der Waals surface area contributed by atoms with Gasteiger partial charge < -0.3 is 10.8 Å². The lowest BCUT2D eigenvalue weighted by Crippen LogP contribution is -2.16. The normalized spacial score (nSPS) is 13.4. The Labute approximate surface area is 106 Å². The number of hydrogen-bond donors (Lipinski definition) is 2. The fraction of sp³-hybridized carbons (Fsp3) is 0.667. The van der Waals surface area contributed by atoms with Crippen LogP contribution in [0.4, 0.5) is 0 Å². The van der Waals surface area contributed by atoms with Crippen molar-refractivity contribution in [2.75, 3.05) is 0 Å². The van der Waals surface area contributed by atoms with Crippen molar-refractivity contribution in [1.82, 2.24) is 4.98 Å². The van der Waals surface area contributed by atoms with E-state index in [1.54, 1.807) is 0 Å². The second-order valence-electron chi connectivity index (χ2n) is 5.00. The van der Waals surface area contributed by atoms with Crippen molar-refractivity contribution in [3.63, 3.8) is 0 Å². The molecule has 0 aliphatic carbocycles. The molecule has 0 radical (unpaired) electrons. The maximum Gasteiger partial charge on any atom is 0.347 e. The van der Waals surface area contributed by atoms with Gasteiger partial charge in [0.2, 0.25) is 0 Å². The number of hydrogen-bond acceptors (Lipinski definition) is 4. The molecule has 0 amide bonds. The Balaban J connectivity index is 3.07. The highest BCUT2D eigenvalue weighted by Gasteiger charge is 2.22. The van der Waals surface area contributed by atoms with Crippen molar-refractivity contribution in [2.24, 2.45) is 17.6 Å². The lowest BCUT2D eigenvalue weighted by molar-refractivity contribution is 0.0700. The van der Waals surface area contributed by atoms with Crippen LogP contribution in [0.25, 0.3) is 0 Å². The molecule has 96 valence electrons. The first-order valence-electron chi connectivity index (χ1n) is 5.81. The Bertz CT molecular complexity index is 399. The highest BCUT2D eigenvalue weighted by Crippen LogP contribution is 2.28. The van der Waals surface area contributed by atoms with E-state index in [-0.39, 0.29) is 12.0 Å². The Morgan fingerprint density at radius 2 is 2.00 bits per heavy atom. The summed E-state index contributed by atoms with van der Waals surface area (Å²) in [6, 6.07) is -0.181. The number of nitrogens with two attached hydrogens (primary N) is 1. The molecule has 1 aromatic heterocycles. The van der Waals surface area contributed by atoms with Gasteiger partial charge in [0.05, 0.1) is 11.7 Å². The molecule has 1 heterocycles. The van der Waals surface area contributed by atoms with E-state index in [4.69, 9.17) is 10.8 Å². The molecular formula is C12H20N2O2S. The third-order valence-corrected chi connectivity index (χ3v) is 3.70. The first kappa shape index (κ1) is 14.1. The van der Waals surface area contributed by atoms with Crippen LogP contribution >= 0.6 is 11.3 Å². The van der Waals surface area contributed by atoms with Gasteiger partial charge in [0.25, 0.3) is 0 Å². The lowest BCUT2D eigenvalue weighted by Gasteiger charge is -2.11. The maximum atomic E-state index is 11.1. The van der Waals surface area contributed by atoms with E-state index >= 15 is 0 Å². The standard InChI is InChI=1S/C12H20N2O2S/c1-6(2)5-8-10(12(15)16)17-11(14-8)9(13)7(3)4/h6-7,9H,5,13H2,1-4H3,(H,15,16). The van der Waals surface area contributed by atoms with Crippen LogP contribution in [-0.2, 0) is 6.42 Å². The summed E-state index contributed by atoms with van der Waals surface area (Å²) < 4.78 is 0. The molecule has 5 heteroatoms. The van der Waals surface area contributed by atoms with Gasteiger partial charge in [-0.15, -0.1) is 11.3 Å². The first-order valence-corrected chi connectivity index (χ1v) is 6.63. The summed E-state index contributed by atoms with van der Waals surface area (Å²) in [5.41, 5.74) is 6.68. The fourth-order valence-electron chi connectivity index (χ4n) is 1.49. The van der Waals surface area contributed by atoms with Gasteiger partial charge in [0, 0.05) is 0 Å². The molecule has 17 heavy (non-hydrogen) atoms. The summed E-state index contributed by atoms with van der Waals surface area (Å²) in [5.74, 6) is -0.256. The third-order valence-electron chi connectivity index (χ3n) is 2.51. The topological polar surface area (TPSA) is 76.2 Å². The van der Waals surface area contributed by atoms with E-state index in [9.17, 15) is 4.79 Å². The van der Waals surface area contributed by atoms with Crippen LogP contribution in [0, 0.1) is 11.8 Å². The monoisotopic (exact) mass is 256 g/mol. The fourth-order valence-corrected chi connectivity index (χ4v) is 2.60. The largest absolute Gasteiger partial charge is 0.477 e. The second kappa shape index (κ2) is 5.60. The van der Waals surface area contributed by atoms with Crippen molar-refractivity contribution in [2.45, 2.75) is 40.2 Å². The summed E-state index contributed by atoms with van der Waals surface area (Å²) in [6.07, 6.45) is 0.683. The lowest BCUT2D eigenvalue weighted by atomic mass is 10.1. The zero-order chi connectivity index (χ0) is 13.2. The van der Waals surface area contributed by atoms with Gasteiger partial charge in [0.1, 0.15) is 9.88 Å². The highest BCUT2D eigenvalue weighted by molar-refractivity contribution is 7.13. The molecule has 0 saturated heterocycles. The molecule has 1 atom stereocenters. The molecule has 1 unspecified atom stereocenters. The van der Waals surface area contributed by atoms with Gasteiger partial charge in [-0.3, -0.25) is 0 Å². The van der Waals surface area contributed by atoms with Crippen LogP contribution in [0.1, 0.15) is 54.1 Å². The van der Waals surface area contributed by atoms with Crippen LogP contribution in [0.3, 0.4) is 0 Å². The predicted molar refractivity (Wildman–Crippen MR) is 69.4 cm³/mol. The molecule has 0 fully saturated rings. The van der Waals surface area contributed by atoms with Crippen LogP contribution in [0.2, 0.25) is 0 Å². The van der Waals surface area contributed by atoms with E-state index in [0.717, 1.165) is 5.01 Å². The summed E-state index contributed by atoms with van der Waals surface area (Å²) in [7, 11) is 0. The number of aromatic nitrogens is 1. The number of aromatic carboxylic acids is 1. The Kier molecular flexibility index (Phi) is 4.65. The molecule has 1 aromatic rings. The van der Waals surface area contributed by atoms with Gasteiger partial charge in [-0.1, -0.05) is 27.7 Å². The van der Waals surface area contributed by atoms with Crippen molar-refractivity contribution < 1.29 is 9.90 Å². The van der Waals surface area contributed by atoms with Crippen molar-refractivity contribution in [3.8, 4) is 0 Å². The number of thiazole rings is 1. The average molecular weight is 256 g/mol. The summed E-state index contributed by atoms with van der Waals surface area (Å²) in [6.45, 7) is 8.11. The zero-order valence-corrected chi connectivity index (χ0v) is 11.5.